The molecule has 0 unspecified atom stereocenters. The molecule has 1 aliphatic rings. The van der Waals surface area contributed by atoms with Crippen molar-refractivity contribution in [3.63, 3.8) is 0 Å². The van der Waals surface area contributed by atoms with E-state index in [1.807, 2.05) is 20.8 Å². The van der Waals surface area contributed by atoms with Gasteiger partial charge in [0.2, 0.25) is 17.5 Å². The monoisotopic (exact) mass is 421 g/mol. The largest absolute Gasteiger partial charge is 0.443 e. The molecule has 0 saturated carbocycles. The van der Waals surface area contributed by atoms with E-state index in [9.17, 15) is 9.59 Å². The fraction of sp³-hybridized carbons (Fsp3) is 0.391. The number of fused-ring (bicyclic) bond motifs is 1. The summed E-state index contributed by atoms with van der Waals surface area (Å²) in [5, 5.41) is 6.65. The lowest BCUT2D eigenvalue weighted by atomic mass is 9.96. The van der Waals surface area contributed by atoms with Crippen molar-refractivity contribution in [2.45, 2.75) is 40.5 Å². The second kappa shape index (κ2) is 8.37. The molecular formula is C23H27N5O3. The first-order valence-corrected chi connectivity index (χ1v) is 10.5. The van der Waals surface area contributed by atoms with Gasteiger partial charge >= 0.3 is 0 Å². The molecule has 3 heterocycles. The number of aromatic nitrogens is 2. The van der Waals surface area contributed by atoms with E-state index >= 15 is 0 Å². The van der Waals surface area contributed by atoms with Crippen molar-refractivity contribution in [2.24, 2.45) is 5.92 Å². The number of carbonyl (C=O) groups excluding carboxylic acids is 2. The Hall–Kier alpha value is -3.42. The van der Waals surface area contributed by atoms with E-state index < -0.39 is 0 Å². The van der Waals surface area contributed by atoms with Crippen LogP contribution in [0.2, 0.25) is 0 Å². The highest BCUT2D eigenvalue weighted by molar-refractivity contribution is 5.95. The van der Waals surface area contributed by atoms with Gasteiger partial charge in [0.25, 0.3) is 0 Å². The Balaban J connectivity index is 1.51. The molecule has 1 fully saturated rings. The van der Waals surface area contributed by atoms with Crippen LogP contribution < -0.4 is 15.5 Å². The number of carbonyl (C=O) groups is 2. The van der Waals surface area contributed by atoms with Gasteiger partial charge in [0.15, 0.2) is 0 Å². The van der Waals surface area contributed by atoms with Gasteiger partial charge in [-0.3, -0.25) is 9.59 Å². The topological polar surface area (TPSA) is 100 Å². The van der Waals surface area contributed by atoms with E-state index in [-0.39, 0.29) is 17.7 Å². The normalized spacial score (nSPS) is 16.4. The number of amides is 2. The SMILES string of the molecule is CC(=O)Nc1ccc(NC(=O)[C@@H]2CCCN(c3nc(C)nc4oc(C)c(C)c34)C2)cc1. The second-order valence-electron chi connectivity index (χ2n) is 8.09. The summed E-state index contributed by atoms with van der Waals surface area (Å²) >= 11 is 0. The van der Waals surface area contributed by atoms with Crippen LogP contribution in [0.3, 0.4) is 0 Å². The average molecular weight is 422 g/mol. The maximum absolute atomic E-state index is 12.9. The Morgan fingerprint density at radius 2 is 1.74 bits per heavy atom. The molecular weight excluding hydrogens is 394 g/mol. The third-order valence-electron chi connectivity index (χ3n) is 5.69. The summed E-state index contributed by atoms with van der Waals surface area (Å²) in [5.74, 6) is 2.04. The van der Waals surface area contributed by atoms with Crippen LogP contribution in [0.5, 0.6) is 0 Å². The number of hydrogen-bond acceptors (Lipinski definition) is 6. The van der Waals surface area contributed by atoms with Crippen molar-refractivity contribution >= 4 is 40.1 Å². The molecule has 162 valence electrons. The highest BCUT2D eigenvalue weighted by Gasteiger charge is 2.29. The first-order valence-electron chi connectivity index (χ1n) is 10.5. The van der Waals surface area contributed by atoms with Gasteiger partial charge in [-0.2, -0.15) is 4.98 Å². The predicted molar refractivity (Wildman–Crippen MR) is 120 cm³/mol. The molecule has 8 heteroatoms. The molecule has 8 nitrogen and oxygen atoms in total. The molecule has 1 saturated heterocycles. The lowest BCUT2D eigenvalue weighted by Gasteiger charge is -2.33. The third kappa shape index (κ3) is 4.38. The molecule has 4 rings (SSSR count). The van der Waals surface area contributed by atoms with E-state index in [0.717, 1.165) is 41.9 Å². The molecule has 1 aliphatic heterocycles. The van der Waals surface area contributed by atoms with Crippen molar-refractivity contribution in [2.75, 3.05) is 28.6 Å². The van der Waals surface area contributed by atoms with Gasteiger partial charge in [-0.05, 0) is 57.9 Å². The fourth-order valence-corrected chi connectivity index (χ4v) is 4.03. The zero-order valence-electron chi connectivity index (χ0n) is 18.3. The van der Waals surface area contributed by atoms with Crippen LogP contribution in [-0.4, -0.2) is 34.9 Å². The molecule has 1 aromatic carbocycles. The Bertz CT molecular complexity index is 1140. The standard InChI is InChI=1S/C23H27N5O3/c1-13-14(2)31-23-20(13)21(24-15(3)25-23)28-11-5-6-17(12-28)22(30)27-19-9-7-18(8-10-19)26-16(4)29/h7-10,17H,5-6,11-12H2,1-4H3,(H,26,29)(H,27,30)/t17-/m1/s1. The van der Waals surface area contributed by atoms with Gasteiger partial charge in [0.05, 0.1) is 11.3 Å². The molecule has 0 spiro atoms. The quantitative estimate of drug-likeness (QED) is 0.661. The molecule has 1 atom stereocenters. The Kier molecular flexibility index (Phi) is 5.63. The second-order valence-corrected chi connectivity index (χ2v) is 8.09. The smallest absolute Gasteiger partial charge is 0.231 e. The molecule has 2 amide bonds. The van der Waals surface area contributed by atoms with Crippen molar-refractivity contribution in [1.82, 2.24) is 9.97 Å². The van der Waals surface area contributed by atoms with Gasteiger partial charge in [0.1, 0.15) is 17.4 Å². The number of anilines is 3. The third-order valence-corrected chi connectivity index (χ3v) is 5.69. The summed E-state index contributed by atoms with van der Waals surface area (Å²) in [6, 6.07) is 7.13. The highest BCUT2D eigenvalue weighted by atomic mass is 16.3. The first kappa shape index (κ1) is 20.8. The zero-order chi connectivity index (χ0) is 22.1. The average Bonchev–Trinajstić information content (AvgIpc) is 3.02. The summed E-state index contributed by atoms with van der Waals surface area (Å²) in [7, 11) is 0. The van der Waals surface area contributed by atoms with Gasteiger partial charge in [-0.1, -0.05) is 0 Å². The van der Waals surface area contributed by atoms with Crippen molar-refractivity contribution in [1.29, 1.82) is 0 Å². The van der Waals surface area contributed by atoms with Crippen LogP contribution in [0.4, 0.5) is 17.2 Å². The van der Waals surface area contributed by atoms with E-state index in [4.69, 9.17) is 9.40 Å². The van der Waals surface area contributed by atoms with Crippen LogP contribution in [0.1, 0.15) is 36.9 Å². The zero-order valence-corrected chi connectivity index (χ0v) is 18.3. The van der Waals surface area contributed by atoms with Gasteiger partial charge < -0.3 is 20.0 Å². The van der Waals surface area contributed by atoms with Crippen LogP contribution >= 0.6 is 0 Å². The summed E-state index contributed by atoms with van der Waals surface area (Å²) in [4.78, 5) is 35.4. The van der Waals surface area contributed by atoms with Gasteiger partial charge in [-0.15, -0.1) is 0 Å². The summed E-state index contributed by atoms with van der Waals surface area (Å²) in [6.45, 7) is 8.69. The van der Waals surface area contributed by atoms with Crippen molar-refractivity contribution in [3.05, 3.63) is 41.4 Å². The number of nitrogens with one attached hydrogen (secondary N) is 2. The Morgan fingerprint density at radius 1 is 1.06 bits per heavy atom. The predicted octanol–water partition coefficient (Wildman–Crippen LogP) is 3.96. The van der Waals surface area contributed by atoms with Crippen molar-refractivity contribution < 1.29 is 14.0 Å². The fourth-order valence-electron chi connectivity index (χ4n) is 4.03. The molecule has 3 aromatic rings. The lowest BCUT2D eigenvalue weighted by molar-refractivity contribution is -0.120. The minimum absolute atomic E-state index is 0.0147. The van der Waals surface area contributed by atoms with Gasteiger partial charge in [-0.25, -0.2) is 4.98 Å². The maximum atomic E-state index is 12.9. The molecule has 2 N–H and O–H groups in total. The summed E-state index contributed by atoms with van der Waals surface area (Å²) in [5.41, 5.74) is 3.04. The summed E-state index contributed by atoms with van der Waals surface area (Å²) in [6.07, 6.45) is 1.73. The maximum Gasteiger partial charge on any atom is 0.231 e. The highest BCUT2D eigenvalue weighted by Crippen LogP contribution is 2.33. The number of aryl methyl sites for hydroxylation is 3. The molecule has 2 aromatic heterocycles. The lowest BCUT2D eigenvalue weighted by Crippen LogP contribution is -2.41. The minimum Gasteiger partial charge on any atom is -0.443 e. The number of nitrogens with zero attached hydrogens (tertiary/aromatic N) is 3. The number of benzene rings is 1. The van der Waals surface area contributed by atoms with Crippen LogP contribution in [0.25, 0.3) is 11.1 Å². The van der Waals surface area contributed by atoms with Crippen molar-refractivity contribution in [3.8, 4) is 0 Å². The molecule has 0 radical (unpaired) electrons. The Morgan fingerprint density at radius 3 is 2.42 bits per heavy atom. The van der Waals surface area contributed by atoms with Gasteiger partial charge in [0, 0.05) is 37.0 Å². The van der Waals surface area contributed by atoms with E-state index in [2.05, 4.69) is 20.5 Å². The molecule has 0 bridgehead atoms. The molecule has 31 heavy (non-hydrogen) atoms. The summed E-state index contributed by atoms with van der Waals surface area (Å²) < 4.78 is 5.81. The number of rotatable bonds is 4. The first-order chi connectivity index (χ1) is 14.8. The van der Waals surface area contributed by atoms with E-state index in [0.29, 0.717) is 29.5 Å². The minimum atomic E-state index is -0.151. The Labute approximate surface area is 181 Å². The van der Waals surface area contributed by atoms with E-state index in [1.54, 1.807) is 24.3 Å². The van der Waals surface area contributed by atoms with Crippen LogP contribution in [-0.2, 0) is 9.59 Å². The number of piperidine rings is 1. The number of furan rings is 1. The number of hydrogen-bond donors (Lipinski definition) is 2. The molecule has 0 aliphatic carbocycles. The van der Waals surface area contributed by atoms with Crippen LogP contribution in [0.15, 0.2) is 28.7 Å². The van der Waals surface area contributed by atoms with Crippen LogP contribution in [0, 0.1) is 26.7 Å². The van der Waals surface area contributed by atoms with E-state index in [1.165, 1.54) is 6.92 Å².